The van der Waals surface area contributed by atoms with E-state index >= 15 is 0 Å². The van der Waals surface area contributed by atoms with Crippen LogP contribution in [-0.4, -0.2) is 155 Å². The highest BCUT2D eigenvalue weighted by Gasteiger charge is 2.52. The number of likely N-dealkylation sites (N-methyl/N-ethyl adjacent to an activating group) is 1. The highest BCUT2D eigenvalue weighted by atomic mass is 31.2. The number of benzene rings is 1. The van der Waals surface area contributed by atoms with Crippen molar-refractivity contribution in [3.05, 3.63) is 48.0 Å². The van der Waals surface area contributed by atoms with Gasteiger partial charge in [-0.3, -0.25) is 43.0 Å². The molecule has 402 valence electrons. The van der Waals surface area contributed by atoms with Crippen molar-refractivity contribution in [2.24, 2.45) is 23.7 Å². The van der Waals surface area contributed by atoms with Gasteiger partial charge in [0, 0.05) is 65.4 Å². The fourth-order valence-corrected chi connectivity index (χ4v) is 12.6. The van der Waals surface area contributed by atoms with Crippen LogP contribution in [0.1, 0.15) is 131 Å². The predicted molar refractivity (Wildman–Crippen MR) is 272 cm³/mol. The average Bonchev–Trinajstić information content (AvgIpc) is 4.18. The first-order valence-corrected chi connectivity index (χ1v) is 28.0. The fraction of sp³-hybridized carbons (Fsp3) is 0.717. The quantitative estimate of drug-likeness (QED) is 0.0507. The molecule has 3 fully saturated rings. The molecule has 2 saturated heterocycles. The zero-order chi connectivity index (χ0) is 52.9. The normalized spacial score (nSPS) is 23.4. The Balaban J connectivity index is 1.24. The monoisotopic (exact) mass is 1030 g/mol. The molecule has 0 spiro atoms. The molecular formula is C53H83N6O12P. The van der Waals surface area contributed by atoms with Crippen molar-refractivity contribution in [3.63, 3.8) is 0 Å². The van der Waals surface area contributed by atoms with Crippen LogP contribution < -0.4 is 10.6 Å². The van der Waals surface area contributed by atoms with Gasteiger partial charge in [-0.05, 0) is 74.7 Å². The second-order valence-electron chi connectivity index (χ2n) is 20.7. The largest absolute Gasteiger partial charge is 0.379 e. The first-order valence-electron chi connectivity index (χ1n) is 26.4. The van der Waals surface area contributed by atoms with E-state index in [9.17, 15) is 43.0 Å². The van der Waals surface area contributed by atoms with Crippen molar-refractivity contribution in [1.82, 2.24) is 30.2 Å². The standard InChI is InChI=1S/C53H83N6O12P/c1-10-12-30-71-72(67,68)42(31-37-20-15-13-16-21-37)54-51(64)36(6)50(70-9)40-22-19-29-57(40)46(63)33-41(69-8)48(35(5)11-2)56(7)53(66)47(34(3)4)55-52(65)49-38-24-25-39(32-38)59(49)45(62)23-17-14-18-28-58-43(60)26-27-44(58)61/h13,15-16,20-21,26-27,34-36,38-42,47-50H,10-12,14,17-19,22-25,28-33H2,1-9H3,(H,54,64)(H,55,65)(H,67,68)/t35-,36+,38-,39+,40-,41+,42+,47-,48-,49-,50+/m0/s1. The van der Waals surface area contributed by atoms with Gasteiger partial charge < -0.3 is 44.2 Å². The summed E-state index contributed by atoms with van der Waals surface area (Å²) in [6, 6.07) is 6.36. The number of amides is 7. The molecule has 19 heteroatoms. The number of rotatable bonds is 29. The lowest BCUT2D eigenvalue weighted by Crippen LogP contribution is -2.60. The summed E-state index contributed by atoms with van der Waals surface area (Å²) >= 11 is 0. The molecule has 1 aliphatic carbocycles. The molecule has 3 aliphatic heterocycles. The Labute approximate surface area is 427 Å². The molecule has 7 amide bonds. The number of carbonyl (C=O) groups is 7. The highest BCUT2D eigenvalue weighted by molar-refractivity contribution is 7.53. The SMILES string of the molecule is CCCCOP(=O)(O)[C@H](Cc1ccccc1)NC(=O)[C@H](C)[C@@H](OC)[C@@H]1CCCN1C(=O)C[C@@H](OC)[C@H]([C@@H](C)CC)N(C)C(=O)[C@@H](NC(=O)[C@@H]1[C@H]2CC[C@H](C2)N1C(=O)CCCCCN1C(=O)C=CC1=O)C(C)C. The third-order valence-electron chi connectivity index (χ3n) is 15.6. The number of ether oxygens (including phenoxy) is 2. The van der Waals surface area contributed by atoms with Crippen molar-refractivity contribution < 1.29 is 57.0 Å². The molecule has 0 radical (unpaired) electrons. The Kier molecular flexibility index (Phi) is 22.0. The molecule has 72 heavy (non-hydrogen) atoms. The van der Waals surface area contributed by atoms with Crippen molar-refractivity contribution in [1.29, 1.82) is 0 Å². The van der Waals surface area contributed by atoms with E-state index in [0.29, 0.717) is 58.0 Å². The van der Waals surface area contributed by atoms with Crippen LogP contribution >= 0.6 is 7.60 Å². The molecule has 12 atom stereocenters. The third-order valence-corrected chi connectivity index (χ3v) is 17.2. The van der Waals surface area contributed by atoms with E-state index in [1.165, 1.54) is 31.3 Å². The Morgan fingerprint density at radius 3 is 2.21 bits per heavy atom. The maximum absolute atomic E-state index is 14.7. The van der Waals surface area contributed by atoms with Gasteiger partial charge in [0.25, 0.3) is 11.8 Å². The molecule has 3 N–H and O–H groups in total. The van der Waals surface area contributed by atoms with E-state index in [2.05, 4.69) is 10.6 Å². The number of nitrogens with zero attached hydrogens (tertiary/aromatic N) is 4. The third kappa shape index (κ3) is 14.4. The smallest absolute Gasteiger partial charge is 0.350 e. The minimum Gasteiger partial charge on any atom is -0.379 e. The van der Waals surface area contributed by atoms with Crippen molar-refractivity contribution >= 4 is 48.9 Å². The first kappa shape index (κ1) is 58.4. The topological polar surface area (TPSA) is 221 Å². The van der Waals surface area contributed by atoms with Gasteiger partial charge in [0.1, 0.15) is 17.9 Å². The van der Waals surface area contributed by atoms with Crippen LogP contribution in [0.2, 0.25) is 0 Å². The maximum atomic E-state index is 14.7. The summed E-state index contributed by atoms with van der Waals surface area (Å²) < 4.78 is 31.2. The van der Waals surface area contributed by atoms with E-state index in [1.807, 2.05) is 65.0 Å². The van der Waals surface area contributed by atoms with E-state index < -0.39 is 61.6 Å². The van der Waals surface area contributed by atoms with E-state index in [1.54, 1.807) is 28.7 Å². The fourth-order valence-electron chi connectivity index (χ4n) is 11.3. The summed E-state index contributed by atoms with van der Waals surface area (Å²) in [6.45, 7) is 12.1. The number of piperidine rings is 1. The number of imide groups is 1. The zero-order valence-corrected chi connectivity index (χ0v) is 45.1. The summed E-state index contributed by atoms with van der Waals surface area (Å²) in [5, 5.41) is 5.88. The average molecular weight is 1030 g/mol. The molecular weight excluding hydrogens is 944 g/mol. The van der Waals surface area contributed by atoms with Gasteiger partial charge in [-0.1, -0.05) is 91.1 Å². The Morgan fingerprint density at radius 1 is 0.889 bits per heavy atom. The van der Waals surface area contributed by atoms with Crippen LogP contribution in [0.4, 0.5) is 0 Å². The molecule has 1 aromatic carbocycles. The van der Waals surface area contributed by atoms with Crippen LogP contribution in [0, 0.1) is 23.7 Å². The summed E-state index contributed by atoms with van der Waals surface area (Å²) in [5.41, 5.74) is 0.754. The van der Waals surface area contributed by atoms with Gasteiger partial charge in [-0.15, -0.1) is 0 Å². The van der Waals surface area contributed by atoms with E-state index in [0.717, 1.165) is 31.2 Å². The van der Waals surface area contributed by atoms with Gasteiger partial charge in [-0.25, -0.2) is 0 Å². The number of likely N-dealkylation sites (tertiary alicyclic amines) is 2. The van der Waals surface area contributed by atoms with Crippen LogP contribution in [0.5, 0.6) is 0 Å². The molecule has 3 heterocycles. The zero-order valence-electron chi connectivity index (χ0n) is 44.2. The molecule has 5 rings (SSSR count). The number of carbonyl (C=O) groups excluding carboxylic acids is 7. The van der Waals surface area contributed by atoms with Gasteiger partial charge in [0.15, 0.2) is 0 Å². The minimum atomic E-state index is -4.31. The lowest BCUT2D eigenvalue weighted by Gasteiger charge is -2.41. The molecule has 2 bridgehead atoms. The van der Waals surface area contributed by atoms with E-state index in [4.69, 9.17) is 14.0 Å². The van der Waals surface area contributed by atoms with Crippen molar-refractivity contribution in [2.45, 2.75) is 180 Å². The molecule has 0 aromatic heterocycles. The summed E-state index contributed by atoms with van der Waals surface area (Å²) in [7, 11) is 0.378. The number of nitrogens with one attached hydrogen (secondary N) is 2. The Bertz CT molecular complexity index is 2090. The van der Waals surface area contributed by atoms with Crippen molar-refractivity contribution in [2.75, 3.05) is 41.0 Å². The lowest BCUT2D eigenvalue weighted by molar-refractivity contribution is -0.149. The number of hydrogen-bond acceptors (Lipinski definition) is 11. The van der Waals surface area contributed by atoms with Crippen molar-refractivity contribution in [3.8, 4) is 0 Å². The van der Waals surface area contributed by atoms with Gasteiger partial charge in [0.05, 0.1) is 43.2 Å². The summed E-state index contributed by atoms with van der Waals surface area (Å²) in [6.07, 6.45) is 8.56. The number of fused-ring (bicyclic) bond motifs is 2. The van der Waals surface area contributed by atoms with Crippen LogP contribution in [-0.2, 0) is 58.5 Å². The van der Waals surface area contributed by atoms with Gasteiger partial charge in [0.2, 0.25) is 29.5 Å². The second kappa shape index (κ2) is 27.2. The van der Waals surface area contributed by atoms with Crippen LogP contribution in [0.25, 0.3) is 0 Å². The molecule has 1 saturated carbocycles. The Hall–Kier alpha value is -4.48. The van der Waals surface area contributed by atoms with E-state index in [-0.39, 0.29) is 85.1 Å². The molecule has 18 nitrogen and oxygen atoms in total. The first-order chi connectivity index (χ1) is 34.3. The Morgan fingerprint density at radius 2 is 1.58 bits per heavy atom. The molecule has 1 unspecified atom stereocenters. The second-order valence-corrected chi connectivity index (χ2v) is 22.7. The number of methoxy groups -OCH3 is 2. The number of hydrogen-bond donors (Lipinski definition) is 3. The number of unbranched alkanes of at least 4 members (excludes halogenated alkanes) is 3. The highest BCUT2D eigenvalue weighted by Crippen LogP contribution is 2.48. The van der Waals surface area contributed by atoms with Gasteiger partial charge >= 0.3 is 7.60 Å². The summed E-state index contributed by atoms with van der Waals surface area (Å²) in [5.74, 6) is -4.73. The van der Waals surface area contributed by atoms with Crippen LogP contribution in [0.3, 0.4) is 0 Å². The molecule has 4 aliphatic rings. The molecule has 1 aromatic rings. The lowest BCUT2D eigenvalue weighted by atomic mass is 9.89. The van der Waals surface area contributed by atoms with Gasteiger partial charge in [-0.2, -0.15) is 0 Å². The summed E-state index contributed by atoms with van der Waals surface area (Å²) in [4.78, 5) is 113. The predicted octanol–water partition coefficient (Wildman–Crippen LogP) is 5.60. The van der Waals surface area contributed by atoms with Crippen LogP contribution in [0.15, 0.2) is 42.5 Å². The minimum absolute atomic E-state index is 0.0221. The maximum Gasteiger partial charge on any atom is 0.350 e.